The second kappa shape index (κ2) is 7.26. The topological polar surface area (TPSA) is 38.3 Å². The van der Waals surface area contributed by atoms with Crippen LogP contribution in [0.5, 0.6) is 11.5 Å². The number of amides is 1. The van der Waals surface area contributed by atoms with Gasteiger partial charge in [-0.3, -0.25) is 4.79 Å². The third-order valence-electron chi connectivity index (χ3n) is 4.57. The van der Waals surface area contributed by atoms with Crippen molar-refractivity contribution in [1.29, 1.82) is 0 Å². The molecule has 0 aromatic heterocycles. The van der Waals surface area contributed by atoms with Gasteiger partial charge in [-0.25, -0.2) is 0 Å². The summed E-state index contributed by atoms with van der Waals surface area (Å²) >= 11 is 1.71. The van der Waals surface area contributed by atoms with Gasteiger partial charge in [0, 0.05) is 22.6 Å². The Morgan fingerprint density at radius 1 is 0.923 bits per heavy atom. The molecule has 3 aromatic carbocycles. The summed E-state index contributed by atoms with van der Waals surface area (Å²) in [4.78, 5) is 14.3. The third-order valence-corrected chi connectivity index (χ3v) is 5.31. The summed E-state index contributed by atoms with van der Waals surface area (Å²) in [7, 11) is 0. The second-order valence-corrected chi connectivity index (χ2v) is 7.06. The van der Waals surface area contributed by atoms with E-state index < -0.39 is 0 Å². The van der Waals surface area contributed by atoms with Gasteiger partial charge in [0.15, 0.2) is 0 Å². The van der Waals surface area contributed by atoms with Gasteiger partial charge < -0.3 is 10.1 Å². The van der Waals surface area contributed by atoms with Gasteiger partial charge in [0.1, 0.15) is 11.5 Å². The monoisotopic (exact) mass is 361 g/mol. The zero-order valence-electron chi connectivity index (χ0n) is 14.4. The standard InChI is InChI=1S/C22H19NO2S/c1-26-16-12-10-15(11-13-16)14-23-22(24)21-17-6-2-4-8-19(17)25-20-9-5-3-7-18(20)21/h2-13,21H,14H2,1H3,(H,23,24). The van der Waals surface area contributed by atoms with E-state index in [1.54, 1.807) is 11.8 Å². The fourth-order valence-electron chi connectivity index (χ4n) is 3.23. The first-order chi connectivity index (χ1) is 12.8. The van der Waals surface area contributed by atoms with Crippen LogP contribution in [0.2, 0.25) is 0 Å². The first kappa shape index (κ1) is 16.7. The minimum absolute atomic E-state index is 0.0119. The minimum Gasteiger partial charge on any atom is -0.457 e. The Morgan fingerprint density at radius 2 is 1.50 bits per heavy atom. The molecule has 130 valence electrons. The van der Waals surface area contributed by atoms with Gasteiger partial charge in [-0.05, 0) is 36.1 Å². The maximum absolute atomic E-state index is 13.0. The molecule has 3 aromatic rings. The number of thioether (sulfide) groups is 1. The van der Waals surface area contributed by atoms with Crippen LogP contribution in [-0.2, 0) is 11.3 Å². The average molecular weight is 361 g/mol. The van der Waals surface area contributed by atoms with Crippen LogP contribution in [0.3, 0.4) is 0 Å². The fourth-order valence-corrected chi connectivity index (χ4v) is 3.64. The van der Waals surface area contributed by atoms with Crippen molar-refractivity contribution in [3.63, 3.8) is 0 Å². The number of hydrogen-bond acceptors (Lipinski definition) is 3. The Morgan fingerprint density at radius 3 is 2.08 bits per heavy atom. The van der Waals surface area contributed by atoms with Gasteiger partial charge in [0.05, 0.1) is 5.92 Å². The van der Waals surface area contributed by atoms with Gasteiger partial charge in [0.25, 0.3) is 0 Å². The maximum atomic E-state index is 13.0. The Balaban J connectivity index is 1.59. The van der Waals surface area contributed by atoms with Crippen molar-refractivity contribution in [3.8, 4) is 11.5 Å². The number of fused-ring (bicyclic) bond motifs is 2. The van der Waals surface area contributed by atoms with E-state index in [9.17, 15) is 4.79 Å². The molecule has 3 nitrogen and oxygen atoms in total. The molecule has 1 aliphatic heterocycles. The molecule has 0 spiro atoms. The lowest BCUT2D eigenvalue weighted by Gasteiger charge is -2.27. The van der Waals surface area contributed by atoms with Crippen molar-refractivity contribution in [3.05, 3.63) is 89.5 Å². The molecule has 0 radical (unpaired) electrons. The molecule has 1 heterocycles. The summed E-state index contributed by atoms with van der Waals surface area (Å²) in [6, 6.07) is 23.7. The largest absolute Gasteiger partial charge is 0.457 e. The summed E-state index contributed by atoms with van der Waals surface area (Å²) in [6.45, 7) is 0.509. The van der Waals surface area contributed by atoms with E-state index in [4.69, 9.17) is 4.74 Å². The highest BCUT2D eigenvalue weighted by molar-refractivity contribution is 7.98. The second-order valence-electron chi connectivity index (χ2n) is 6.18. The number of rotatable bonds is 4. The molecule has 0 aliphatic carbocycles. The summed E-state index contributed by atoms with van der Waals surface area (Å²) in [6.07, 6.45) is 2.05. The van der Waals surface area contributed by atoms with E-state index in [0.29, 0.717) is 6.54 Å². The van der Waals surface area contributed by atoms with Gasteiger partial charge in [-0.1, -0.05) is 48.5 Å². The van der Waals surface area contributed by atoms with Crippen LogP contribution in [0, 0.1) is 0 Å². The summed E-state index contributed by atoms with van der Waals surface area (Å²) in [5, 5.41) is 3.09. The minimum atomic E-state index is -0.360. The molecule has 4 rings (SSSR count). The van der Waals surface area contributed by atoms with E-state index in [2.05, 4.69) is 35.8 Å². The first-order valence-electron chi connectivity index (χ1n) is 8.52. The molecule has 0 bridgehead atoms. The third kappa shape index (κ3) is 3.20. The lowest BCUT2D eigenvalue weighted by molar-refractivity contribution is -0.122. The van der Waals surface area contributed by atoms with Crippen molar-refractivity contribution in [2.75, 3.05) is 6.26 Å². The lowest BCUT2D eigenvalue weighted by Crippen LogP contribution is -2.31. The molecule has 1 N–H and O–H groups in total. The normalized spacial score (nSPS) is 12.7. The number of hydrogen-bond donors (Lipinski definition) is 1. The van der Waals surface area contributed by atoms with Crippen molar-refractivity contribution >= 4 is 17.7 Å². The first-order valence-corrected chi connectivity index (χ1v) is 9.75. The molecular formula is C22H19NO2S. The molecule has 1 aliphatic rings. The SMILES string of the molecule is CSc1ccc(CNC(=O)C2c3ccccc3Oc3ccccc32)cc1. The zero-order valence-corrected chi connectivity index (χ0v) is 15.3. The van der Waals surface area contributed by atoms with Crippen LogP contribution >= 0.6 is 11.8 Å². The van der Waals surface area contributed by atoms with Crippen LogP contribution in [-0.4, -0.2) is 12.2 Å². The summed E-state index contributed by atoms with van der Waals surface area (Å²) in [5.74, 6) is 1.12. The number of ether oxygens (including phenoxy) is 1. The fraction of sp³-hybridized carbons (Fsp3) is 0.136. The number of para-hydroxylation sites is 2. The highest BCUT2D eigenvalue weighted by atomic mass is 32.2. The summed E-state index contributed by atoms with van der Waals surface area (Å²) < 4.78 is 5.96. The van der Waals surface area contributed by atoms with E-state index >= 15 is 0 Å². The molecule has 0 atom stereocenters. The maximum Gasteiger partial charge on any atom is 0.232 e. The Hall–Kier alpha value is -2.72. The molecule has 0 fully saturated rings. The van der Waals surface area contributed by atoms with Crippen molar-refractivity contribution in [2.24, 2.45) is 0 Å². The van der Waals surface area contributed by atoms with E-state index in [-0.39, 0.29) is 11.8 Å². The van der Waals surface area contributed by atoms with E-state index in [1.807, 2.05) is 48.5 Å². The van der Waals surface area contributed by atoms with Gasteiger partial charge in [-0.2, -0.15) is 0 Å². The highest BCUT2D eigenvalue weighted by Crippen LogP contribution is 2.43. The van der Waals surface area contributed by atoms with Gasteiger partial charge >= 0.3 is 0 Å². The quantitative estimate of drug-likeness (QED) is 0.667. The van der Waals surface area contributed by atoms with E-state index in [0.717, 1.165) is 28.2 Å². The predicted octanol–water partition coefficient (Wildman–Crippen LogP) is 4.96. The highest BCUT2D eigenvalue weighted by Gasteiger charge is 2.32. The van der Waals surface area contributed by atoms with E-state index in [1.165, 1.54) is 4.90 Å². The molecule has 4 heteroatoms. The van der Waals surface area contributed by atoms with Crippen molar-refractivity contribution in [1.82, 2.24) is 5.32 Å². The number of carbonyl (C=O) groups excluding carboxylic acids is 1. The Kier molecular flexibility index (Phi) is 4.67. The molecule has 0 unspecified atom stereocenters. The summed E-state index contributed by atoms with van der Waals surface area (Å²) in [5.41, 5.74) is 2.90. The van der Waals surface area contributed by atoms with Crippen LogP contribution in [0.4, 0.5) is 0 Å². The average Bonchev–Trinajstić information content (AvgIpc) is 2.70. The number of carbonyl (C=O) groups is 1. The molecular weight excluding hydrogens is 342 g/mol. The Bertz CT molecular complexity index is 891. The van der Waals surface area contributed by atoms with Gasteiger partial charge in [0.2, 0.25) is 5.91 Å². The molecule has 0 saturated heterocycles. The predicted molar refractivity (Wildman–Crippen MR) is 105 cm³/mol. The number of nitrogens with one attached hydrogen (secondary N) is 1. The zero-order chi connectivity index (χ0) is 17.9. The lowest BCUT2D eigenvalue weighted by atomic mass is 9.87. The Labute approximate surface area is 157 Å². The van der Waals surface area contributed by atoms with Crippen LogP contribution < -0.4 is 10.1 Å². The molecule has 26 heavy (non-hydrogen) atoms. The molecule has 1 amide bonds. The van der Waals surface area contributed by atoms with Gasteiger partial charge in [-0.15, -0.1) is 11.8 Å². The van der Waals surface area contributed by atoms with Crippen LogP contribution in [0.25, 0.3) is 0 Å². The molecule has 0 saturated carbocycles. The smallest absolute Gasteiger partial charge is 0.232 e. The van der Waals surface area contributed by atoms with Crippen LogP contribution in [0.15, 0.2) is 77.7 Å². The van der Waals surface area contributed by atoms with Crippen molar-refractivity contribution < 1.29 is 9.53 Å². The van der Waals surface area contributed by atoms with Crippen LogP contribution in [0.1, 0.15) is 22.6 Å². The van der Waals surface area contributed by atoms with Crippen molar-refractivity contribution in [2.45, 2.75) is 17.4 Å². The number of benzene rings is 3.